The van der Waals surface area contributed by atoms with E-state index in [-0.39, 0.29) is 5.56 Å². The molecule has 0 bridgehead atoms. The number of ether oxygens (including phenoxy) is 1. The molecule has 0 unspecified atom stereocenters. The van der Waals surface area contributed by atoms with Crippen molar-refractivity contribution < 1.29 is 4.74 Å². The zero-order valence-corrected chi connectivity index (χ0v) is 11.6. The number of nitrogens with zero attached hydrogens (tertiary/aromatic N) is 2. The zero-order valence-electron chi connectivity index (χ0n) is 11.6. The fourth-order valence-electron chi connectivity index (χ4n) is 2.23. The van der Waals surface area contributed by atoms with Gasteiger partial charge in [-0.05, 0) is 37.8 Å². The summed E-state index contributed by atoms with van der Waals surface area (Å²) in [6.45, 7) is 3.29. The van der Waals surface area contributed by atoms with Gasteiger partial charge in [-0.15, -0.1) is 0 Å². The summed E-state index contributed by atoms with van der Waals surface area (Å²) in [5, 5.41) is 0. The van der Waals surface area contributed by atoms with Crippen molar-refractivity contribution in [3.8, 4) is 17.1 Å². The highest BCUT2D eigenvalue weighted by atomic mass is 16.5. The molecule has 1 heterocycles. The van der Waals surface area contributed by atoms with Crippen LogP contribution in [0, 0.1) is 5.92 Å². The van der Waals surface area contributed by atoms with Crippen LogP contribution in [0.1, 0.15) is 19.8 Å². The van der Waals surface area contributed by atoms with Gasteiger partial charge in [0, 0.05) is 18.8 Å². The fourth-order valence-corrected chi connectivity index (χ4v) is 2.23. The van der Waals surface area contributed by atoms with Gasteiger partial charge in [-0.3, -0.25) is 9.36 Å². The Hall–Kier alpha value is -2.10. The van der Waals surface area contributed by atoms with Crippen LogP contribution in [-0.2, 0) is 6.54 Å². The molecule has 20 heavy (non-hydrogen) atoms. The third-order valence-corrected chi connectivity index (χ3v) is 3.55. The van der Waals surface area contributed by atoms with E-state index in [0.29, 0.717) is 18.3 Å². The molecule has 1 saturated carbocycles. The topological polar surface area (TPSA) is 44.1 Å². The summed E-state index contributed by atoms with van der Waals surface area (Å²) in [4.78, 5) is 16.3. The van der Waals surface area contributed by atoms with Gasteiger partial charge in [-0.1, -0.05) is 12.1 Å². The van der Waals surface area contributed by atoms with Crippen LogP contribution < -0.4 is 10.3 Å². The first kappa shape index (κ1) is 12.9. The standard InChI is InChI=1S/C16H18N2O2/c1-2-18-15(19)9-10-17-16(18)13-5-3-4-6-14(13)20-11-12-7-8-12/h3-6,9-10,12H,2,7-8,11H2,1H3. The average molecular weight is 270 g/mol. The van der Waals surface area contributed by atoms with Crippen molar-refractivity contribution >= 4 is 0 Å². The minimum atomic E-state index is -0.0329. The molecular formula is C16H18N2O2. The first-order valence-electron chi connectivity index (χ1n) is 7.07. The Kier molecular flexibility index (Phi) is 3.54. The Morgan fingerprint density at radius 2 is 2.10 bits per heavy atom. The largest absolute Gasteiger partial charge is 0.493 e. The zero-order chi connectivity index (χ0) is 13.9. The molecule has 4 nitrogen and oxygen atoms in total. The van der Waals surface area contributed by atoms with Crippen LogP contribution in [0.3, 0.4) is 0 Å². The number of hydrogen-bond acceptors (Lipinski definition) is 3. The van der Waals surface area contributed by atoms with Crippen LogP contribution in [-0.4, -0.2) is 16.2 Å². The van der Waals surface area contributed by atoms with Crippen LogP contribution >= 0.6 is 0 Å². The van der Waals surface area contributed by atoms with Crippen molar-refractivity contribution in [2.45, 2.75) is 26.3 Å². The van der Waals surface area contributed by atoms with Crippen molar-refractivity contribution in [2.75, 3.05) is 6.61 Å². The molecule has 2 aromatic rings. The molecule has 0 amide bonds. The monoisotopic (exact) mass is 270 g/mol. The summed E-state index contributed by atoms with van der Waals surface area (Å²) < 4.78 is 7.57. The first-order valence-corrected chi connectivity index (χ1v) is 7.07. The van der Waals surface area contributed by atoms with E-state index in [1.807, 2.05) is 31.2 Å². The summed E-state index contributed by atoms with van der Waals surface area (Å²) >= 11 is 0. The van der Waals surface area contributed by atoms with Gasteiger partial charge in [0.05, 0.1) is 12.2 Å². The molecule has 3 rings (SSSR count). The van der Waals surface area contributed by atoms with Crippen LogP contribution in [0.2, 0.25) is 0 Å². The maximum atomic E-state index is 11.9. The molecule has 1 aromatic carbocycles. The molecule has 0 atom stereocenters. The highest BCUT2D eigenvalue weighted by Gasteiger charge is 2.22. The Morgan fingerprint density at radius 1 is 1.30 bits per heavy atom. The SMILES string of the molecule is CCn1c(-c2ccccc2OCC2CC2)nccc1=O. The van der Waals surface area contributed by atoms with E-state index >= 15 is 0 Å². The van der Waals surface area contributed by atoms with E-state index in [0.717, 1.165) is 17.9 Å². The van der Waals surface area contributed by atoms with E-state index in [1.165, 1.54) is 18.9 Å². The summed E-state index contributed by atoms with van der Waals surface area (Å²) in [6, 6.07) is 9.27. The van der Waals surface area contributed by atoms with Gasteiger partial charge in [-0.25, -0.2) is 4.98 Å². The molecule has 1 aliphatic carbocycles. The normalized spacial score (nSPS) is 14.2. The number of para-hydroxylation sites is 1. The van der Waals surface area contributed by atoms with Crippen molar-refractivity contribution in [2.24, 2.45) is 5.92 Å². The quantitative estimate of drug-likeness (QED) is 0.839. The van der Waals surface area contributed by atoms with Crippen LogP contribution in [0.4, 0.5) is 0 Å². The smallest absolute Gasteiger partial charge is 0.253 e. The predicted octanol–water partition coefficient (Wildman–Crippen LogP) is 2.72. The molecular weight excluding hydrogens is 252 g/mol. The summed E-state index contributed by atoms with van der Waals surface area (Å²) in [5.74, 6) is 2.17. The van der Waals surface area contributed by atoms with E-state index in [1.54, 1.807) is 10.8 Å². The lowest BCUT2D eigenvalue weighted by Crippen LogP contribution is -2.21. The number of aromatic nitrogens is 2. The van der Waals surface area contributed by atoms with Crippen molar-refractivity contribution in [1.29, 1.82) is 0 Å². The minimum absolute atomic E-state index is 0.0329. The van der Waals surface area contributed by atoms with E-state index in [2.05, 4.69) is 4.98 Å². The molecule has 1 aromatic heterocycles. The van der Waals surface area contributed by atoms with Gasteiger partial charge in [-0.2, -0.15) is 0 Å². The van der Waals surface area contributed by atoms with Crippen LogP contribution in [0.5, 0.6) is 5.75 Å². The highest BCUT2D eigenvalue weighted by molar-refractivity contribution is 5.64. The third-order valence-electron chi connectivity index (χ3n) is 3.55. The second-order valence-electron chi connectivity index (χ2n) is 5.10. The number of hydrogen-bond donors (Lipinski definition) is 0. The molecule has 0 aliphatic heterocycles. The van der Waals surface area contributed by atoms with Crippen LogP contribution in [0.25, 0.3) is 11.4 Å². The van der Waals surface area contributed by atoms with Gasteiger partial charge < -0.3 is 4.74 Å². The molecule has 0 spiro atoms. The van der Waals surface area contributed by atoms with Crippen molar-refractivity contribution in [1.82, 2.24) is 9.55 Å². The maximum absolute atomic E-state index is 11.9. The lowest BCUT2D eigenvalue weighted by Gasteiger charge is -2.14. The summed E-state index contributed by atoms with van der Waals surface area (Å²) in [7, 11) is 0. The lowest BCUT2D eigenvalue weighted by atomic mass is 10.2. The van der Waals surface area contributed by atoms with Gasteiger partial charge >= 0.3 is 0 Å². The Bertz CT molecular complexity index is 660. The molecule has 0 N–H and O–H groups in total. The number of benzene rings is 1. The number of rotatable bonds is 5. The molecule has 104 valence electrons. The van der Waals surface area contributed by atoms with Crippen molar-refractivity contribution in [3.05, 3.63) is 46.9 Å². The second-order valence-corrected chi connectivity index (χ2v) is 5.10. The summed E-state index contributed by atoms with van der Waals surface area (Å²) in [6.07, 6.45) is 4.07. The highest BCUT2D eigenvalue weighted by Crippen LogP contribution is 2.32. The van der Waals surface area contributed by atoms with E-state index in [9.17, 15) is 4.79 Å². The van der Waals surface area contributed by atoms with Gasteiger partial charge in [0.1, 0.15) is 11.6 Å². The van der Waals surface area contributed by atoms with E-state index < -0.39 is 0 Å². The third kappa shape index (κ3) is 2.59. The van der Waals surface area contributed by atoms with Gasteiger partial charge in [0.15, 0.2) is 0 Å². The second kappa shape index (κ2) is 5.49. The Balaban J connectivity index is 2.00. The Morgan fingerprint density at radius 3 is 2.85 bits per heavy atom. The van der Waals surface area contributed by atoms with Crippen LogP contribution in [0.15, 0.2) is 41.3 Å². The maximum Gasteiger partial charge on any atom is 0.253 e. The lowest BCUT2D eigenvalue weighted by molar-refractivity contribution is 0.300. The fraction of sp³-hybridized carbons (Fsp3) is 0.375. The van der Waals surface area contributed by atoms with Gasteiger partial charge in [0.25, 0.3) is 5.56 Å². The average Bonchev–Trinajstić information content (AvgIpc) is 3.29. The van der Waals surface area contributed by atoms with E-state index in [4.69, 9.17) is 4.74 Å². The molecule has 0 saturated heterocycles. The first-order chi connectivity index (χ1) is 9.79. The Labute approximate surface area is 118 Å². The van der Waals surface area contributed by atoms with Gasteiger partial charge in [0.2, 0.25) is 0 Å². The summed E-state index contributed by atoms with van der Waals surface area (Å²) in [5.41, 5.74) is 0.849. The molecule has 1 aliphatic rings. The predicted molar refractivity (Wildman–Crippen MR) is 77.8 cm³/mol. The minimum Gasteiger partial charge on any atom is -0.493 e. The van der Waals surface area contributed by atoms with Crippen molar-refractivity contribution in [3.63, 3.8) is 0 Å². The molecule has 1 fully saturated rings. The molecule has 0 radical (unpaired) electrons. The molecule has 4 heteroatoms.